The SMILES string of the molecule is CCCNc1nccc(C(=O)N(CC)C2CC2)c1F. The zero-order valence-electron chi connectivity index (χ0n) is 11.4. The second-order valence-electron chi connectivity index (χ2n) is 4.77. The summed E-state index contributed by atoms with van der Waals surface area (Å²) < 4.78 is 14.3. The van der Waals surface area contributed by atoms with Crippen LogP contribution in [0.4, 0.5) is 10.2 Å². The minimum atomic E-state index is -0.542. The summed E-state index contributed by atoms with van der Waals surface area (Å²) >= 11 is 0. The molecule has 0 spiro atoms. The maximum absolute atomic E-state index is 14.3. The molecule has 1 aromatic rings. The van der Waals surface area contributed by atoms with E-state index in [0.717, 1.165) is 19.3 Å². The van der Waals surface area contributed by atoms with Crippen LogP contribution in [0.1, 0.15) is 43.5 Å². The number of rotatable bonds is 6. The molecule has 0 radical (unpaired) electrons. The molecule has 1 amide bonds. The molecule has 1 aliphatic carbocycles. The summed E-state index contributed by atoms with van der Waals surface area (Å²) in [5.41, 5.74) is 0.113. The van der Waals surface area contributed by atoms with Crippen LogP contribution in [-0.2, 0) is 0 Å². The number of nitrogens with zero attached hydrogens (tertiary/aromatic N) is 2. The highest BCUT2D eigenvalue weighted by Crippen LogP contribution is 2.29. The number of anilines is 1. The van der Waals surface area contributed by atoms with Gasteiger partial charge in [-0.15, -0.1) is 0 Å². The molecule has 1 heterocycles. The van der Waals surface area contributed by atoms with Gasteiger partial charge in [0.25, 0.3) is 5.91 Å². The Labute approximate surface area is 113 Å². The Morgan fingerprint density at radius 1 is 1.53 bits per heavy atom. The lowest BCUT2D eigenvalue weighted by molar-refractivity contribution is 0.0748. The summed E-state index contributed by atoms with van der Waals surface area (Å²) in [6.45, 7) is 5.17. The number of carbonyl (C=O) groups excluding carboxylic acids is 1. The zero-order valence-corrected chi connectivity index (χ0v) is 11.4. The van der Waals surface area contributed by atoms with Gasteiger partial charge in [0.1, 0.15) is 0 Å². The zero-order chi connectivity index (χ0) is 13.8. The van der Waals surface area contributed by atoms with Crippen molar-refractivity contribution in [1.29, 1.82) is 0 Å². The number of amides is 1. The molecule has 0 saturated heterocycles. The Morgan fingerprint density at radius 2 is 2.26 bits per heavy atom. The van der Waals surface area contributed by atoms with Gasteiger partial charge in [0.15, 0.2) is 11.6 Å². The highest BCUT2D eigenvalue weighted by Gasteiger charge is 2.33. The maximum Gasteiger partial charge on any atom is 0.257 e. The first-order chi connectivity index (χ1) is 9.19. The Hall–Kier alpha value is -1.65. The van der Waals surface area contributed by atoms with Crippen molar-refractivity contribution >= 4 is 11.7 Å². The summed E-state index contributed by atoms with van der Waals surface area (Å²) in [7, 11) is 0. The Bertz CT molecular complexity index is 460. The molecule has 0 aliphatic heterocycles. The van der Waals surface area contributed by atoms with Crippen LogP contribution in [0.5, 0.6) is 0 Å². The lowest BCUT2D eigenvalue weighted by Gasteiger charge is -2.21. The van der Waals surface area contributed by atoms with Gasteiger partial charge in [0.2, 0.25) is 0 Å². The first kappa shape index (κ1) is 13.8. The molecular formula is C14H20FN3O. The van der Waals surface area contributed by atoms with Crippen LogP contribution in [0.15, 0.2) is 12.3 Å². The van der Waals surface area contributed by atoms with Gasteiger partial charge < -0.3 is 10.2 Å². The van der Waals surface area contributed by atoms with E-state index in [9.17, 15) is 9.18 Å². The average Bonchev–Trinajstić information content (AvgIpc) is 3.23. The molecule has 104 valence electrons. The van der Waals surface area contributed by atoms with Crippen molar-refractivity contribution in [3.05, 3.63) is 23.6 Å². The fourth-order valence-electron chi connectivity index (χ4n) is 2.08. The standard InChI is InChI=1S/C14H20FN3O/c1-3-8-16-13-12(15)11(7-9-17-13)14(19)18(4-2)10-5-6-10/h7,9-10H,3-6,8H2,1-2H3,(H,16,17). The topological polar surface area (TPSA) is 45.2 Å². The number of pyridine rings is 1. The van der Waals surface area contributed by atoms with E-state index in [0.29, 0.717) is 13.1 Å². The summed E-state index contributed by atoms with van der Waals surface area (Å²) in [5.74, 6) is -0.607. The molecule has 1 saturated carbocycles. The van der Waals surface area contributed by atoms with Crippen LogP contribution < -0.4 is 5.32 Å². The van der Waals surface area contributed by atoms with Crippen molar-refractivity contribution < 1.29 is 9.18 Å². The van der Waals surface area contributed by atoms with Gasteiger partial charge in [-0.1, -0.05) is 6.92 Å². The third-order valence-corrected chi connectivity index (χ3v) is 3.25. The van der Waals surface area contributed by atoms with Gasteiger partial charge in [-0.2, -0.15) is 0 Å². The third kappa shape index (κ3) is 3.03. The van der Waals surface area contributed by atoms with Crippen LogP contribution >= 0.6 is 0 Å². The second kappa shape index (κ2) is 5.99. The summed E-state index contributed by atoms with van der Waals surface area (Å²) in [6.07, 6.45) is 4.40. The number of hydrogen-bond acceptors (Lipinski definition) is 3. The molecule has 5 heteroatoms. The van der Waals surface area contributed by atoms with E-state index < -0.39 is 5.82 Å². The second-order valence-corrected chi connectivity index (χ2v) is 4.77. The van der Waals surface area contributed by atoms with Gasteiger partial charge in [-0.3, -0.25) is 4.79 Å². The molecule has 1 aliphatic rings. The Morgan fingerprint density at radius 3 is 2.84 bits per heavy atom. The normalized spacial score (nSPS) is 14.3. The van der Waals surface area contributed by atoms with Crippen LogP contribution in [0, 0.1) is 5.82 Å². The van der Waals surface area contributed by atoms with Crippen LogP contribution in [0.2, 0.25) is 0 Å². The summed E-state index contributed by atoms with van der Waals surface area (Å²) in [4.78, 5) is 18.0. The summed E-state index contributed by atoms with van der Waals surface area (Å²) in [6, 6.07) is 1.75. The van der Waals surface area contributed by atoms with Gasteiger partial charge >= 0.3 is 0 Å². The molecule has 1 N–H and O–H groups in total. The van der Waals surface area contributed by atoms with Crippen molar-refractivity contribution in [1.82, 2.24) is 9.88 Å². The lowest BCUT2D eigenvalue weighted by Crippen LogP contribution is -2.33. The highest BCUT2D eigenvalue weighted by atomic mass is 19.1. The molecule has 1 aromatic heterocycles. The molecular weight excluding hydrogens is 245 g/mol. The van der Waals surface area contributed by atoms with Crippen LogP contribution in [-0.4, -0.2) is 34.9 Å². The fourth-order valence-corrected chi connectivity index (χ4v) is 2.08. The fraction of sp³-hybridized carbons (Fsp3) is 0.571. The molecule has 2 rings (SSSR count). The molecule has 19 heavy (non-hydrogen) atoms. The highest BCUT2D eigenvalue weighted by molar-refractivity contribution is 5.95. The molecule has 4 nitrogen and oxygen atoms in total. The number of aromatic nitrogens is 1. The average molecular weight is 265 g/mol. The monoisotopic (exact) mass is 265 g/mol. The number of halogens is 1. The Balaban J connectivity index is 2.21. The predicted octanol–water partition coefficient (Wildman–Crippen LogP) is 2.67. The van der Waals surface area contributed by atoms with E-state index in [4.69, 9.17) is 0 Å². The van der Waals surface area contributed by atoms with E-state index in [1.54, 1.807) is 4.90 Å². The van der Waals surface area contributed by atoms with Crippen LogP contribution in [0.25, 0.3) is 0 Å². The van der Waals surface area contributed by atoms with E-state index in [2.05, 4.69) is 10.3 Å². The molecule has 0 unspecified atom stereocenters. The first-order valence-corrected chi connectivity index (χ1v) is 6.88. The van der Waals surface area contributed by atoms with Gasteiger partial charge in [-0.25, -0.2) is 9.37 Å². The molecule has 0 aromatic carbocycles. The number of nitrogens with one attached hydrogen (secondary N) is 1. The quantitative estimate of drug-likeness (QED) is 0.860. The van der Waals surface area contributed by atoms with Crippen molar-refractivity contribution in [2.45, 2.75) is 39.2 Å². The smallest absolute Gasteiger partial charge is 0.257 e. The molecule has 0 atom stereocenters. The number of carbonyl (C=O) groups is 1. The third-order valence-electron chi connectivity index (χ3n) is 3.25. The van der Waals surface area contributed by atoms with Gasteiger partial charge in [0, 0.05) is 25.3 Å². The largest absolute Gasteiger partial charge is 0.368 e. The minimum Gasteiger partial charge on any atom is -0.368 e. The van der Waals surface area contributed by atoms with Crippen molar-refractivity contribution in [2.24, 2.45) is 0 Å². The Kier molecular flexibility index (Phi) is 4.35. The number of hydrogen-bond donors (Lipinski definition) is 1. The van der Waals surface area contributed by atoms with E-state index in [-0.39, 0.29) is 23.3 Å². The maximum atomic E-state index is 14.3. The predicted molar refractivity (Wildman–Crippen MR) is 72.7 cm³/mol. The van der Waals surface area contributed by atoms with Crippen LogP contribution in [0.3, 0.4) is 0 Å². The molecule has 0 bridgehead atoms. The minimum absolute atomic E-state index is 0.113. The summed E-state index contributed by atoms with van der Waals surface area (Å²) in [5, 5.41) is 2.90. The van der Waals surface area contributed by atoms with Gasteiger partial charge in [-0.05, 0) is 32.3 Å². The van der Waals surface area contributed by atoms with E-state index >= 15 is 0 Å². The first-order valence-electron chi connectivity index (χ1n) is 6.88. The van der Waals surface area contributed by atoms with Crippen molar-refractivity contribution in [2.75, 3.05) is 18.4 Å². The lowest BCUT2D eigenvalue weighted by atomic mass is 10.2. The van der Waals surface area contributed by atoms with E-state index in [1.807, 2.05) is 13.8 Å². The van der Waals surface area contributed by atoms with Crippen molar-refractivity contribution in [3.63, 3.8) is 0 Å². The van der Waals surface area contributed by atoms with Gasteiger partial charge in [0.05, 0.1) is 5.56 Å². The molecule has 1 fully saturated rings. The van der Waals surface area contributed by atoms with E-state index in [1.165, 1.54) is 12.3 Å². The van der Waals surface area contributed by atoms with Crippen molar-refractivity contribution in [3.8, 4) is 0 Å².